The fourth-order valence-electron chi connectivity index (χ4n) is 3.44. The molecule has 3 N–H and O–H groups in total. The van der Waals surface area contributed by atoms with Crippen LogP contribution in [0, 0.1) is 5.92 Å². The van der Waals surface area contributed by atoms with Crippen LogP contribution in [0.4, 0.5) is 0 Å². The molecule has 0 saturated heterocycles. The van der Waals surface area contributed by atoms with Crippen LogP contribution in [0.1, 0.15) is 63.0 Å². The van der Waals surface area contributed by atoms with E-state index in [-0.39, 0.29) is 0 Å². The molecule has 2 heteroatoms. The molecule has 0 bridgehead atoms. The summed E-state index contributed by atoms with van der Waals surface area (Å²) in [5, 5.41) is 10.8. The summed E-state index contributed by atoms with van der Waals surface area (Å²) in [4.78, 5) is 0. The summed E-state index contributed by atoms with van der Waals surface area (Å²) < 4.78 is 0. The molecule has 1 aliphatic rings. The molecule has 2 nitrogen and oxygen atoms in total. The topological polar surface area (TPSA) is 46.2 Å². The summed E-state index contributed by atoms with van der Waals surface area (Å²) in [5.74, 6) is 0.776. The summed E-state index contributed by atoms with van der Waals surface area (Å²) in [6, 6.07) is 8.80. The van der Waals surface area contributed by atoms with Crippen molar-refractivity contribution in [1.29, 1.82) is 0 Å². The standard InChI is InChI=1S/C19H31NO/c1-16-5-3-11-19(21,12-9-16)13-10-18-7-2-6-17(15-18)8-4-14-20/h2,6-7,15-16,21H,3-5,8-14,20H2,1H3. The Bertz CT molecular complexity index is 431. The first-order valence-electron chi connectivity index (χ1n) is 8.61. The van der Waals surface area contributed by atoms with Gasteiger partial charge in [-0.3, -0.25) is 0 Å². The molecule has 0 aromatic heterocycles. The molecule has 21 heavy (non-hydrogen) atoms. The van der Waals surface area contributed by atoms with E-state index in [4.69, 9.17) is 5.73 Å². The summed E-state index contributed by atoms with van der Waals surface area (Å²) in [7, 11) is 0. The van der Waals surface area contributed by atoms with Crippen LogP contribution in [0.25, 0.3) is 0 Å². The first-order chi connectivity index (χ1) is 10.1. The van der Waals surface area contributed by atoms with E-state index < -0.39 is 5.60 Å². The maximum atomic E-state index is 10.8. The van der Waals surface area contributed by atoms with E-state index in [2.05, 4.69) is 31.2 Å². The van der Waals surface area contributed by atoms with Crippen LogP contribution >= 0.6 is 0 Å². The lowest BCUT2D eigenvalue weighted by Gasteiger charge is -2.26. The lowest BCUT2D eigenvalue weighted by atomic mass is 9.87. The number of hydrogen-bond donors (Lipinski definition) is 2. The maximum Gasteiger partial charge on any atom is 0.0651 e. The fourth-order valence-corrected chi connectivity index (χ4v) is 3.44. The van der Waals surface area contributed by atoms with Crippen molar-refractivity contribution in [3.63, 3.8) is 0 Å². The van der Waals surface area contributed by atoms with E-state index in [1.165, 1.54) is 30.4 Å². The lowest BCUT2D eigenvalue weighted by molar-refractivity contribution is 0.0159. The fraction of sp³-hybridized carbons (Fsp3) is 0.684. The van der Waals surface area contributed by atoms with Crippen LogP contribution in [0.15, 0.2) is 24.3 Å². The van der Waals surface area contributed by atoms with Crippen molar-refractivity contribution in [2.24, 2.45) is 11.7 Å². The zero-order valence-electron chi connectivity index (χ0n) is 13.5. The third-order valence-electron chi connectivity index (χ3n) is 4.98. The zero-order chi connectivity index (χ0) is 15.1. The molecule has 2 rings (SSSR count). The first-order valence-corrected chi connectivity index (χ1v) is 8.61. The molecule has 0 heterocycles. The molecule has 1 saturated carbocycles. The minimum Gasteiger partial charge on any atom is -0.390 e. The van der Waals surface area contributed by atoms with Crippen molar-refractivity contribution in [2.75, 3.05) is 6.54 Å². The Hall–Kier alpha value is -0.860. The van der Waals surface area contributed by atoms with Crippen LogP contribution in [0.2, 0.25) is 0 Å². The Morgan fingerprint density at radius 3 is 2.71 bits per heavy atom. The van der Waals surface area contributed by atoms with Gasteiger partial charge in [-0.15, -0.1) is 0 Å². The van der Waals surface area contributed by atoms with Gasteiger partial charge >= 0.3 is 0 Å². The summed E-state index contributed by atoms with van der Waals surface area (Å²) in [5.41, 5.74) is 7.88. The monoisotopic (exact) mass is 289 g/mol. The number of nitrogens with two attached hydrogens (primary N) is 1. The van der Waals surface area contributed by atoms with E-state index in [1.807, 2.05) is 0 Å². The first kappa shape index (κ1) is 16.5. The highest BCUT2D eigenvalue weighted by molar-refractivity contribution is 5.24. The van der Waals surface area contributed by atoms with Gasteiger partial charge in [-0.2, -0.15) is 0 Å². The third kappa shape index (κ3) is 5.44. The van der Waals surface area contributed by atoms with E-state index >= 15 is 0 Å². The second-order valence-corrected chi connectivity index (χ2v) is 6.97. The molecule has 1 aliphatic carbocycles. The van der Waals surface area contributed by atoms with E-state index in [0.29, 0.717) is 0 Å². The molecule has 1 fully saturated rings. The van der Waals surface area contributed by atoms with Gasteiger partial charge in [0.15, 0.2) is 0 Å². The minimum absolute atomic E-state index is 0.433. The summed E-state index contributed by atoms with van der Waals surface area (Å²) in [6.45, 7) is 3.06. The second kappa shape index (κ2) is 7.95. The maximum absolute atomic E-state index is 10.8. The van der Waals surface area contributed by atoms with Crippen LogP contribution in [-0.4, -0.2) is 17.3 Å². The van der Waals surface area contributed by atoms with Gasteiger partial charge in [0.05, 0.1) is 5.60 Å². The average molecular weight is 289 g/mol. The molecule has 118 valence electrons. The molecule has 0 spiro atoms. The van der Waals surface area contributed by atoms with Crippen molar-refractivity contribution < 1.29 is 5.11 Å². The molecule has 2 atom stereocenters. The van der Waals surface area contributed by atoms with Crippen molar-refractivity contribution in [2.45, 2.75) is 70.3 Å². The van der Waals surface area contributed by atoms with Gasteiger partial charge in [0.25, 0.3) is 0 Å². The second-order valence-electron chi connectivity index (χ2n) is 6.97. The van der Waals surface area contributed by atoms with Crippen LogP contribution in [-0.2, 0) is 12.8 Å². The van der Waals surface area contributed by atoms with Crippen molar-refractivity contribution >= 4 is 0 Å². The minimum atomic E-state index is -0.433. The molecular weight excluding hydrogens is 258 g/mol. The Labute approximate surface area is 129 Å². The molecule has 2 unspecified atom stereocenters. The van der Waals surface area contributed by atoms with Gasteiger partial charge in [-0.1, -0.05) is 44.0 Å². The van der Waals surface area contributed by atoms with Gasteiger partial charge in [0.2, 0.25) is 0 Å². The third-order valence-corrected chi connectivity index (χ3v) is 4.98. The number of aryl methyl sites for hydroxylation is 2. The smallest absolute Gasteiger partial charge is 0.0651 e. The van der Waals surface area contributed by atoms with Gasteiger partial charge in [0.1, 0.15) is 0 Å². The Balaban J connectivity index is 1.89. The molecule has 1 aromatic carbocycles. The molecule has 0 amide bonds. The largest absolute Gasteiger partial charge is 0.390 e. The Morgan fingerprint density at radius 2 is 1.95 bits per heavy atom. The number of hydrogen-bond acceptors (Lipinski definition) is 2. The normalized spacial score (nSPS) is 26.5. The quantitative estimate of drug-likeness (QED) is 0.782. The van der Waals surface area contributed by atoms with E-state index in [9.17, 15) is 5.11 Å². The Morgan fingerprint density at radius 1 is 1.19 bits per heavy atom. The van der Waals surface area contributed by atoms with Crippen molar-refractivity contribution in [3.05, 3.63) is 35.4 Å². The van der Waals surface area contributed by atoms with Crippen molar-refractivity contribution in [1.82, 2.24) is 0 Å². The van der Waals surface area contributed by atoms with Crippen LogP contribution < -0.4 is 5.73 Å². The van der Waals surface area contributed by atoms with Gasteiger partial charge in [-0.05, 0) is 68.5 Å². The van der Waals surface area contributed by atoms with Gasteiger partial charge in [-0.25, -0.2) is 0 Å². The van der Waals surface area contributed by atoms with Gasteiger partial charge < -0.3 is 10.8 Å². The predicted octanol–water partition coefficient (Wildman–Crippen LogP) is 3.84. The highest BCUT2D eigenvalue weighted by atomic mass is 16.3. The molecule has 0 aliphatic heterocycles. The van der Waals surface area contributed by atoms with E-state index in [1.54, 1.807) is 0 Å². The Kier molecular flexibility index (Phi) is 6.25. The molecule has 1 aromatic rings. The summed E-state index contributed by atoms with van der Waals surface area (Å²) in [6.07, 6.45) is 9.57. The lowest BCUT2D eigenvalue weighted by Crippen LogP contribution is -2.28. The SMILES string of the molecule is CC1CCCC(O)(CCc2cccc(CCCN)c2)CC1. The number of benzene rings is 1. The molecule has 0 radical (unpaired) electrons. The molecular formula is C19H31NO. The highest BCUT2D eigenvalue weighted by Crippen LogP contribution is 2.33. The van der Waals surface area contributed by atoms with Crippen LogP contribution in [0.5, 0.6) is 0 Å². The zero-order valence-corrected chi connectivity index (χ0v) is 13.5. The summed E-state index contributed by atoms with van der Waals surface area (Å²) >= 11 is 0. The average Bonchev–Trinajstić information content (AvgIpc) is 2.66. The highest BCUT2D eigenvalue weighted by Gasteiger charge is 2.29. The number of aliphatic hydroxyl groups is 1. The van der Waals surface area contributed by atoms with E-state index in [0.717, 1.165) is 51.0 Å². The predicted molar refractivity (Wildman–Crippen MR) is 89.3 cm³/mol. The van der Waals surface area contributed by atoms with Gasteiger partial charge in [0, 0.05) is 0 Å². The van der Waals surface area contributed by atoms with Crippen LogP contribution in [0.3, 0.4) is 0 Å². The number of rotatable bonds is 6. The van der Waals surface area contributed by atoms with Crippen molar-refractivity contribution in [3.8, 4) is 0 Å².